The van der Waals surface area contributed by atoms with Gasteiger partial charge in [-0.05, 0) is 48.6 Å². The second-order valence-electron chi connectivity index (χ2n) is 8.13. The van der Waals surface area contributed by atoms with E-state index >= 15 is 0 Å². The van der Waals surface area contributed by atoms with Crippen molar-refractivity contribution >= 4 is 28.4 Å². The molecule has 0 aliphatic rings. The summed E-state index contributed by atoms with van der Waals surface area (Å²) in [7, 11) is 0. The number of fused-ring (bicyclic) bond motifs is 1. The van der Waals surface area contributed by atoms with Crippen molar-refractivity contribution in [2.75, 3.05) is 6.54 Å². The summed E-state index contributed by atoms with van der Waals surface area (Å²) in [6.45, 7) is 5.33. The van der Waals surface area contributed by atoms with E-state index in [1.165, 1.54) is 4.57 Å². The number of hydrogen-bond acceptors (Lipinski definition) is 3. The fourth-order valence-corrected chi connectivity index (χ4v) is 3.71. The van der Waals surface area contributed by atoms with Crippen LogP contribution in [0.4, 0.5) is 0 Å². The third kappa shape index (κ3) is 5.85. The fraction of sp³-hybridized carbons (Fsp3) is 0.375. The van der Waals surface area contributed by atoms with Crippen molar-refractivity contribution in [3.63, 3.8) is 0 Å². The van der Waals surface area contributed by atoms with Crippen LogP contribution in [0.2, 0.25) is 5.02 Å². The van der Waals surface area contributed by atoms with Crippen LogP contribution in [-0.4, -0.2) is 21.6 Å². The molecule has 3 rings (SSSR count). The van der Waals surface area contributed by atoms with Gasteiger partial charge in [-0.2, -0.15) is 0 Å². The minimum Gasteiger partial charge on any atom is -0.356 e. The number of halogens is 1. The minimum absolute atomic E-state index is 0.00192. The van der Waals surface area contributed by atoms with Gasteiger partial charge in [-0.3, -0.25) is 18.7 Å². The summed E-state index contributed by atoms with van der Waals surface area (Å²) < 4.78 is 2.89. The van der Waals surface area contributed by atoms with Crippen molar-refractivity contribution in [1.29, 1.82) is 0 Å². The maximum Gasteiger partial charge on any atom is 0.331 e. The highest BCUT2D eigenvalue weighted by atomic mass is 35.5. The van der Waals surface area contributed by atoms with Crippen LogP contribution in [-0.2, 0) is 17.9 Å². The summed E-state index contributed by atoms with van der Waals surface area (Å²) in [5, 5.41) is 3.98. The molecular weight excluding hydrogens is 414 g/mol. The summed E-state index contributed by atoms with van der Waals surface area (Å²) in [4.78, 5) is 38.1. The van der Waals surface area contributed by atoms with E-state index in [1.807, 2.05) is 38.1 Å². The van der Waals surface area contributed by atoms with Gasteiger partial charge in [0.2, 0.25) is 5.91 Å². The first-order chi connectivity index (χ1) is 14.9. The molecule has 0 spiro atoms. The number of carbonyl (C=O) groups excluding carboxylic acids is 1. The van der Waals surface area contributed by atoms with Crippen molar-refractivity contribution in [2.24, 2.45) is 5.92 Å². The summed E-state index contributed by atoms with van der Waals surface area (Å²) in [5.74, 6) is 0.399. The number of amides is 1. The molecule has 6 nitrogen and oxygen atoms in total. The van der Waals surface area contributed by atoms with Gasteiger partial charge in [-0.15, -0.1) is 0 Å². The molecule has 0 saturated heterocycles. The second-order valence-corrected chi connectivity index (χ2v) is 8.56. The molecule has 31 heavy (non-hydrogen) atoms. The Hall–Kier alpha value is -2.86. The second kappa shape index (κ2) is 10.4. The lowest BCUT2D eigenvalue weighted by Crippen LogP contribution is -2.40. The van der Waals surface area contributed by atoms with Crippen molar-refractivity contribution in [2.45, 2.75) is 46.2 Å². The van der Waals surface area contributed by atoms with Gasteiger partial charge in [-0.1, -0.05) is 49.7 Å². The van der Waals surface area contributed by atoms with Gasteiger partial charge in [0, 0.05) is 24.5 Å². The Morgan fingerprint density at radius 1 is 1.03 bits per heavy atom. The predicted octanol–water partition coefficient (Wildman–Crippen LogP) is 3.81. The standard InChI is InChI=1S/C24H28ClN3O3/c1-17(2)15-26-22(29)12-5-6-13-27-23(30)20-10-3-4-11-21(20)28(24(27)31)16-18-8-7-9-19(25)14-18/h3-4,7-11,14,17H,5-6,12-13,15-16H2,1-2H3,(H,26,29). The van der Waals surface area contributed by atoms with Crippen molar-refractivity contribution in [3.8, 4) is 0 Å². The minimum atomic E-state index is -0.354. The van der Waals surface area contributed by atoms with Crippen LogP contribution in [0.25, 0.3) is 10.9 Å². The molecule has 1 aromatic heterocycles. The molecular formula is C24H28ClN3O3. The molecule has 7 heteroatoms. The maximum atomic E-state index is 13.2. The summed E-state index contributed by atoms with van der Waals surface area (Å²) in [6.07, 6.45) is 1.56. The predicted molar refractivity (Wildman–Crippen MR) is 125 cm³/mol. The number of hydrogen-bond donors (Lipinski definition) is 1. The highest BCUT2D eigenvalue weighted by Gasteiger charge is 2.13. The molecule has 2 aromatic carbocycles. The van der Waals surface area contributed by atoms with E-state index in [9.17, 15) is 14.4 Å². The molecule has 0 bridgehead atoms. The zero-order valence-electron chi connectivity index (χ0n) is 17.9. The van der Waals surface area contributed by atoms with E-state index < -0.39 is 0 Å². The van der Waals surface area contributed by atoms with Gasteiger partial charge in [0.1, 0.15) is 0 Å². The zero-order valence-corrected chi connectivity index (χ0v) is 18.7. The molecule has 0 unspecified atom stereocenters. The van der Waals surface area contributed by atoms with E-state index in [1.54, 1.807) is 28.8 Å². The highest BCUT2D eigenvalue weighted by molar-refractivity contribution is 6.30. The third-order valence-corrected chi connectivity index (χ3v) is 5.34. The Morgan fingerprint density at radius 3 is 2.55 bits per heavy atom. The van der Waals surface area contributed by atoms with Crippen LogP contribution >= 0.6 is 11.6 Å². The normalized spacial score (nSPS) is 11.2. The average molecular weight is 442 g/mol. The Morgan fingerprint density at radius 2 is 1.81 bits per heavy atom. The Bertz CT molecular complexity index is 1180. The molecule has 1 amide bonds. The number of benzene rings is 2. The largest absolute Gasteiger partial charge is 0.356 e. The third-order valence-electron chi connectivity index (χ3n) is 5.10. The van der Waals surface area contributed by atoms with Crippen LogP contribution in [0.3, 0.4) is 0 Å². The van der Waals surface area contributed by atoms with Gasteiger partial charge >= 0.3 is 5.69 Å². The first-order valence-corrected chi connectivity index (χ1v) is 11.0. The van der Waals surface area contributed by atoms with E-state index in [0.29, 0.717) is 54.2 Å². The topological polar surface area (TPSA) is 73.1 Å². The molecule has 0 saturated carbocycles. The van der Waals surface area contributed by atoms with Crippen LogP contribution in [0.1, 0.15) is 38.7 Å². The smallest absolute Gasteiger partial charge is 0.331 e. The number of unbranched alkanes of at least 4 members (excludes halogenated alkanes) is 1. The van der Waals surface area contributed by atoms with E-state index in [4.69, 9.17) is 11.6 Å². The van der Waals surface area contributed by atoms with E-state index in [2.05, 4.69) is 5.32 Å². The summed E-state index contributed by atoms with van der Waals surface area (Å²) >= 11 is 6.10. The molecule has 164 valence electrons. The van der Waals surface area contributed by atoms with Crippen LogP contribution in [0.15, 0.2) is 58.1 Å². The lowest BCUT2D eigenvalue weighted by molar-refractivity contribution is -0.121. The molecule has 3 aromatic rings. The molecule has 0 fully saturated rings. The first-order valence-electron chi connectivity index (χ1n) is 10.6. The number of nitrogens with zero attached hydrogens (tertiary/aromatic N) is 2. The Labute approximate surface area is 186 Å². The molecule has 1 N–H and O–H groups in total. The van der Waals surface area contributed by atoms with E-state index in [0.717, 1.165) is 5.56 Å². The first kappa shape index (κ1) is 22.8. The quantitative estimate of drug-likeness (QED) is 0.513. The highest BCUT2D eigenvalue weighted by Crippen LogP contribution is 2.14. The molecule has 0 atom stereocenters. The van der Waals surface area contributed by atoms with E-state index in [-0.39, 0.29) is 23.7 Å². The van der Waals surface area contributed by atoms with Crippen LogP contribution < -0.4 is 16.6 Å². The Balaban J connectivity index is 1.82. The number of rotatable bonds is 9. The number of aromatic nitrogens is 2. The van der Waals surface area contributed by atoms with Crippen molar-refractivity contribution < 1.29 is 4.79 Å². The van der Waals surface area contributed by atoms with Crippen molar-refractivity contribution in [1.82, 2.24) is 14.5 Å². The summed E-state index contributed by atoms with van der Waals surface area (Å²) in [5.41, 5.74) is 0.828. The lowest BCUT2D eigenvalue weighted by Gasteiger charge is -2.14. The van der Waals surface area contributed by atoms with Gasteiger partial charge < -0.3 is 5.32 Å². The van der Waals surface area contributed by atoms with Crippen molar-refractivity contribution in [3.05, 3.63) is 80.0 Å². The lowest BCUT2D eigenvalue weighted by atomic mass is 10.2. The number of carbonyl (C=O) groups is 1. The van der Waals surface area contributed by atoms with Gasteiger partial charge in [0.25, 0.3) is 5.56 Å². The molecule has 0 aliphatic carbocycles. The Kier molecular flexibility index (Phi) is 7.69. The summed E-state index contributed by atoms with van der Waals surface area (Å²) in [6, 6.07) is 14.5. The number of para-hydroxylation sites is 1. The van der Waals surface area contributed by atoms with Gasteiger partial charge in [0.15, 0.2) is 0 Å². The molecule has 0 radical (unpaired) electrons. The van der Waals surface area contributed by atoms with Gasteiger partial charge in [0.05, 0.1) is 17.4 Å². The SMILES string of the molecule is CC(C)CNC(=O)CCCCn1c(=O)c2ccccc2n(Cc2cccc(Cl)c2)c1=O. The van der Waals surface area contributed by atoms with Crippen LogP contribution in [0.5, 0.6) is 0 Å². The monoisotopic (exact) mass is 441 g/mol. The maximum absolute atomic E-state index is 13.2. The van der Waals surface area contributed by atoms with Crippen LogP contribution in [0, 0.1) is 5.92 Å². The zero-order chi connectivity index (χ0) is 22.4. The molecule has 0 aliphatic heterocycles. The number of nitrogens with one attached hydrogen (secondary N) is 1. The molecule has 1 heterocycles. The van der Waals surface area contributed by atoms with Gasteiger partial charge in [-0.25, -0.2) is 4.79 Å². The fourth-order valence-electron chi connectivity index (χ4n) is 3.50. The average Bonchev–Trinajstić information content (AvgIpc) is 2.74.